The Morgan fingerprint density at radius 2 is 2.25 bits per heavy atom. The van der Waals surface area contributed by atoms with Gasteiger partial charge in [0.05, 0.1) is 42.1 Å². The summed E-state index contributed by atoms with van der Waals surface area (Å²) < 4.78 is 15.5. The summed E-state index contributed by atoms with van der Waals surface area (Å²) in [5.41, 5.74) is 11.8. The molecule has 0 aromatic carbocycles. The maximum atomic E-state index is 8.74. The van der Waals surface area contributed by atoms with E-state index in [1.54, 1.807) is 18.5 Å². The molecule has 0 spiro atoms. The predicted molar refractivity (Wildman–Crippen MR) is 137 cm³/mol. The first-order valence-corrected chi connectivity index (χ1v) is 12.3. The fraction of sp³-hybridized carbons (Fsp3) is 0.480. The molecule has 2 N–H and O–H groups in total. The predicted octanol–water partition coefficient (Wildman–Crippen LogP) is 2.65. The number of ether oxygens (including phenoxy) is 2. The lowest BCUT2D eigenvalue weighted by Crippen LogP contribution is -2.44. The molecule has 0 radical (unpaired) electrons. The SMILES string of the molecule is C[C@@H]1COCCN1c1cc(C(N)=CC=NCC#N)nc2c(-c3ccnn3C3CCCCO3)nn(C)c12. The third-order valence-electron chi connectivity index (χ3n) is 6.61. The van der Waals surface area contributed by atoms with Gasteiger partial charge in [-0.05, 0) is 44.4 Å². The molecule has 2 aliphatic heterocycles. The molecule has 2 atom stereocenters. The highest BCUT2D eigenvalue weighted by Crippen LogP contribution is 2.36. The normalized spacial score (nSPS) is 21.4. The number of allylic oxidation sites excluding steroid dienone is 1. The molecule has 5 heterocycles. The van der Waals surface area contributed by atoms with Gasteiger partial charge in [0, 0.05) is 38.7 Å². The van der Waals surface area contributed by atoms with Crippen molar-refractivity contribution < 1.29 is 9.47 Å². The van der Waals surface area contributed by atoms with E-state index in [0.29, 0.717) is 24.6 Å². The molecule has 2 aliphatic rings. The van der Waals surface area contributed by atoms with Crippen molar-refractivity contribution in [3.05, 3.63) is 30.1 Å². The fourth-order valence-electron chi connectivity index (χ4n) is 4.84. The van der Waals surface area contributed by atoms with Crippen molar-refractivity contribution in [3.63, 3.8) is 0 Å². The average Bonchev–Trinajstić information content (AvgIpc) is 3.51. The highest BCUT2D eigenvalue weighted by molar-refractivity contribution is 5.99. The molecule has 5 rings (SSSR count). The minimum absolute atomic E-state index is 0.0762. The third kappa shape index (κ3) is 4.57. The number of anilines is 1. The molecular formula is C25H31N9O2. The summed E-state index contributed by atoms with van der Waals surface area (Å²) in [4.78, 5) is 11.3. The van der Waals surface area contributed by atoms with Gasteiger partial charge in [-0.3, -0.25) is 9.67 Å². The summed E-state index contributed by atoms with van der Waals surface area (Å²) in [5, 5.41) is 18.2. The molecule has 0 aliphatic carbocycles. The smallest absolute Gasteiger partial charge is 0.150 e. The highest BCUT2D eigenvalue weighted by Gasteiger charge is 2.28. The van der Waals surface area contributed by atoms with Crippen LogP contribution in [0.15, 0.2) is 29.4 Å². The summed E-state index contributed by atoms with van der Waals surface area (Å²) in [6, 6.07) is 6.13. The number of hydrogen-bond acceptors (Lipinski definition) is 9. The van der Waals surface area contributed by atoms with E-state index in [0.717, 1.165) is 60.5 Å². The van der Waals surface area contributed by atoms with Gasteiger partial charge < -0.3 is 20.1 Å². The number of aliphatic imine (C=N–C) groups is 1. The Balaban J connectivity index is 1.67. The van der Waals surface area contributed by atoms with Crippen LogP contribution in [0.2, 0.25) is 0 Å². The van der Waals surface area contributed by atoms with Crippen LogP contribution >= 0.6 is 0 Å². The van der Waals surface area contributed by atoms with E-state index in [4.69, 9.17) is 30.6 Å². The van der Waals surface area contributed by atoms with Crippen molar-refractivity contribution in [2.75, 3.05) is 37.8 Å². The van der Waals surface area contributed by atoms with Gasteiger partial charge in [-0.2, -0.15) is 15.5 Å². The Kier molecular flexibility index (Phi) is 6.97. The number of aryl methyl sites for hydroxylation is 1. The zero-order chi connectivity index (χ0) is 25.1. The molecule has 0 bridgehead atoms. The molecule has 3 aromatic heterocycles. The Morgan fingerprint density at radius 3 is 3.03 bits per heavy atom. The molecule has 2 fully saturated rings. The second-order valence-electron chi connectivity index (χ2n) is 9.07. The number of aromatic nitrogens is 5. The van der Waals surface area contributed by atoms with Gasteiger partial charge in [-0.15, -0.1) is 0 Å². The van der Waals surface area contributed by atoms with Crippen molar-refractivity contribution >= 4 is 28.6 Å². The van der Waals surface area contributed by atoms with Crippen LogP contribution in [0.4, 0.5) is 5.69 Å². The second kappa shape index (κ2) is 10.5. The first kappa shape index (κ1) is 24.0. The molecular weight excluding hydrogens is 458 g/mol. The van der Waals surface area contributed by atoms with Crippen LogP contribution in [0.3, 0.4) is 0 Å². The number of nitriles is 1. The van der Waals surface area contributed by atoms with Crippen molar-refractivity contribution in [3.8, 4) is 17.5 Å². The molecule has 188 valence electrons. The zero-order valence-electron chi connectivity index (χ0n) is 20.7. The zero-order valence-corrected chi connectivity index (χ0v) is 20.7. The molecule has 1 unspecified atom stereocenters. The van der Waals surface area contributed by atoms with Crippen molar-refractivity contribution in [2.24, 2.45) is 17.8 Å². The third-order valence-corrected chi connectivity index (χ3v) is 6.61. The number of nitrogens with zero attached hydrogens (tertiary/aromatic N) is 8. The lowest BCUT2D eigenvalue weighted by Gasteiger charge is -2.35. The van der Waals surface area contributed by atoms with Crippen molar-refractivity contribution in [2.45, 2.75) is 38.5 Å². The van der Waals surface area contributed by atoms with Gasteiger partial charge in [-0.25, -0.2) is 9.67 Å². The van der Waals surface area contributed by atoms with E-state index in [1.807, 2.05) is 34.6 Å². The van der Waals surface area contributed by atoms with Crippen LogP contribution in [0.25, 0.3) is 28.1 Å². The van der Waals surface area contributed by atoms with Crippen LogP contribution in [-0.4, -0.2) is 69.7 Å². The van der Waals surface area contributed by atoms with Crippen LogP contribution in [-0.2, 0) is 16.5 Å². The van der Waals surface area contributed by atoms with Gasteiger partial charge >= 0.3 is 0 Å². The topological polar surface area (TPSA) is 132 Å². The Morgan fingerprint density at radius 1 is 1.36 bits per heavy atom. The van der Waals surface area contributed by atoms with Crippen LogP contribution in [0.1, 0.15) is 38.1 Å². The van der Waals surface area contributed by atoms with E-state index in [1.165, 1.54) is 0 Å². The molecule has 0 saturated carbocycles. The highest BCUT2D eigenvalue weighted by atomic mass is 16.5. The van der Waals surface area contributed by atoms with Gasteiger partial charge in [0.2, 0.25) is 0 Å². The first-order valence-electron chi connectivity index (χ1n) is 12.3. The van der Waals surface area contributed by atoms with Gasteiger partial charge in [0.1, 0.15) is 23.3 Å². The second-order valence-corrected chi connectivity index (χ2v) is 9.07. The maximum absolute atomic E-state index is 8.74. The maximum Gasteiger partial charge on any atom is 0.150 e. The quantitative estimate of drug-likeness (QED) is 0.413. The Hall–Kier alpha value is -3.75. The lowest BCUT2D eigenvalue weighted by molar-refractivity contribution is -0.0384. The summed E-state index contributed by atoms with van der Waals surface area (Å²) >= 11 is 0. The van der Waals surface area contributed by atoms with E-state index in [-0.39, 0.29) is 18.8 Å². The number of nitrogens with two attached hydrogens (primary N) is 1. The van der Waals surface area contributed by atoms with E-state index in [9.17, 15) is 0 Å². The first-order chi connectivity index (χ1) is 17.6. The van der Waals surface area contributed by atoms with E-state index >= 15 is 0 Å². The van der Waals surface area contributed by atoms with Gasteiger partial charge in [-0.1, -0.05) is 0 Å². The Labute approximate surface area is 209 Å². The van der Waals surface area contributed by atoms with E-state index in [2.05, 4.69) is 21.9 Å². The van der Waals surface area contributed by atoms with Crippen LogP contribution in [0, 0.1) is 11.3 Å². The molecule has 11 heteroatoms. The number of pyridine rings is 1. The average molecular weight is 490 g/mol. The number of fused-ring (bicyclic) bond motifs is 1. The number of rotatable bonds is 6. The lowest BCUT2D eigenvalue weighted by atomic mass is 10.1. The van der Waals surface area contributed by atoms with E-state index < -0.39 is 0 Å². The molecule has 11 nitrogen and oxygen atoms in total. The van der Waals surface area contributed by atoms with Crippen LogP contribution < -0.4 is 10.6 Å². The fourth-order valence-corrected chi connectivity index (χ4v) is 4.84. The monoisotopic (exact) mass is 489 g/mol. The standard InChI is InChI=1S/C25H31N9O2/c1-17-16-35-14-12-33(17)21-15-19(18(27)6-9-28-11-8-26)30-24-23(31-32(2)25(21)24)20-7-10-29-34(20)22-5-3-4-13-36-22/h6-7,9-10,15,17,22H,3-5,11-14,16,27H2,1-2H3/t17-,22?/m1/s1. The molecule has 36 heavy (non-hydrogen) atoms. The Bertz CT molecular complexity index is 1330. The summed E-state index contributed by atoms with van der Waals surface area (Å²) in [6.45, 7) is 4.98. The van der Waals surface area contributed by atoms with Gasteiger partial charge in [0.15, 0.2) is 6.23 Å². The van der Waals surface area contributed by atoms with Crippen molar-refractivity contribution in [1.82, 2.24) is 24.5 Å². The summed E-state index contributed by atoms with van der Waals surface area (Å²) in [6.07, 6.45) is 7.95. The van der Waals surface area contributed by atoms with Crippen LogP contribution in [0.5, 0.6) is 0 Å². The largest absolute Gasteiger partial charge is 0.397 e. The minimum Gasteiger partial charge on any atom is -0.397 e. The molecule has 2 saturated heterocycles. The minimum atomic E-state index is -0.121. The number of morpholine rings is 1. The summed E-state index contributed by atoms with van der Waals surface area (Å²) in [5.74, 6) is 0. The van der Waals surface area contributed by atoms with Crippen molar-refractivity contribution in [1.29, 1.82) is 5.26 Å². The number of hydrogen-bond donors (Lipinski definition) is 1. The summed E-state index contributed by atoms with van der Waals surface area (Å²) in [7, 11) is 1.94. The molecule has 3 aromatic rings. The van der Waals surface area contributed by atoms with Gasteiger partial charge in [0.25, 0.3) is 0 Å². The molecule has 0 amide bonds.